The maximum absolute atomic E-state index is 6.16. The largest absolute Gasteiger partial charge is 0.352 e. The highest BCUT2D eigenvalue weighted by atomic mass is 16.7. The molecule has 2 saturated carbocycles. The van der Waals surface area contributed by atoms with E-state index in [9.17, 15) is 0 Å². The third-order valence-corrected chi connectivity index (χ3v) is 7.26. The van der Waals surface area contributed by atoms with Gasteiger partial charge in [-0.1, -0.05) is 63.8 Å². The van der Waals surface area contributed by atoms with Crippen molar-refractivity contribution in [2.75, 3.05) is 13.2 Å². The molecule has 4 rings (SSSR count). The summed E-state index contributed by atoms with van der Waals surface area (Å²) in [7, 11) is 0. The van der Waals surface area contributed by atoms with E-state index >= 15 is 0 Å². The van der Waals surface area contributed by atoms with Crippen LogP contribution in [0.2, 0.25) is 0 Å². The molecule has 1 aliphatic heterocycles. The van der Waals surface area contributed by atoms with E-state index in [2.05, 4.69) is 38.1 Å². The van der Waals surface area contributed by atoms with Gasteiger partial charge in [-0.2, -0.15) is 0 Å². The van der Waals surface area contributed by atoms with Gasteiger partial charge >= 0.3 is 0 Å². The number of benzene rings is 1. The van der Waals surface area contributed by atoms with Crippen LogP contribution in [-0.4, -0.2) is 19.5 Å². The van der Waals surface area contributed by atoms with Crippen molar-refractivity contribution in [1.82, 2.24) is 0 Å². The molecule has 2 aliphatic carbocycles. The fourth-order valence-corrected chi connectivity index (χ4v) is 5.17. The van der Waals surface area contributed by atoms with Crippen LogP contribution >= 0.6 is 0 Å². The van der Waals surface area contributed by atoms with Crippen molar-refractivity contribution in [2.45, 2.75) is 83.3 Å². The highest BCUT2D eigenvalue weighted by Crippen LogP contribution is 2.37. The molecule has 0 bridgehead atoms. The van der Waals surface area contributed by atoms with Crippen molar-refractivity contribution in [3.63, 3.8) is 0 Å². The van der Waals surface area contributed by atoms with E-state index in [1.165, 1.54) is 62.5 Å². The fourth-order valence-electron chi connectivity index (χ4n) is 5.17. The second kappa shape index (κ2) is 8.44. The predicted molar refractivity (Wildman–Crippen MR) is 106 cm³/mol. The molecule has 0 atom stereocenters. The van der Waals surface area contributed by atoms with Gasteiger partial charge in [0.05, 0.1) is 13.2 Å². The summed E-state index contributed by atoms with van der Waals surface area (Å²) < 4.78 is 12.3. The van der Waals surface area contributed by atoms with Crippen LogP contribution in [0.15, 0.2) is 24.3 Å². The molecule has 144 valence electrons. The smallest absolute Gasteiger partial charge is 0.160 e. The van der Waals surface area contributed by atoms with Crippen molar-refractivity contribution in [2.24, 2.45) is 17.8 Å². The molecule has 0 unspecified atom stereocenters. The SMILES string of the molecule is CC1CCC(c2ccc(C3COC(C4CCC(C)CC4)OC3)cc2)CC1. The van der Waals surface area contributed by atoms with Crippen LogP contribution in [0.1, 0.15) is 88.2 Å². The summed E-state index contributed by atoms with van der Waals surface area (Å²) in [6.45, 7) is 6.39. The quantitative estimate of drug-likeness (QED) is 0.636. The lowest BCUT2D eigenvalue weighted by atomic mass is 9.79. The summed E-state index contributed by atoms with van der Waals surface area (Å²) in [5.41, 5.74) is 2.92. The van der Waals surface area contributed by atoms with Gasteiger partial charge < -0.3 is 9.47 Å². The zero-order chi connectivity index (χ0) is 17.9. The van der Waals surface area contributed by atoms with Crippen LogP contribution in [0.4, 0.5) is 0 Å². The van der Waals surface area contributed by atoms with Crippen molar-refractivity contribution in [1.29, 1.82) is 0 Å². The van der Waals surface area contributed by atoms with E-state index in [1.807, 2.05) is 0 Å². The molecule has 0 spiro atoms. The minimum Gasteiger partial charge on any atom is -0.352 e. The molecule has 0 aromatic heterocycles. The number of hydrogen-bond acceptors (Lipinski definition) is 2. The molecule has 0 N–H and O–H groups in total. The van der Waals surface area contributed by atoms with Crippen LogP contribution in [0.5, 0.6) is 0 Å². The molecule has 3 fully saturated rings. The summed E-state index contributed by atoms with van der Waals surface area (Å²) in [6, 6.07) is 9.38. The first-order valence-corrected chi connectivity index (χ1v) is 11.0. The Morgan fingerprint density at radius 3 is 1.62 bits per heavy atom. The number of rotatable bonds is 3. The van der Waals surface area contributed by atoms with E-state index in [-0.39, 0.29) is 6.29 Å². The topological polar surface area (TPSA) is 18.5 Å². The number of hydrogen-bond donors (Lipinski definition) is 0. The average Bonchev–Trinajstić information content (AvgIpc) is 2.70. The molecule has 0 radical (unpaired) electrons. The van der Waals surface area contributed by atoms with Crippen LogP contribution in [-0.2, 0) is 9.47 Å². The van der Waals surface area contributed by atoms with E-state index in [0.717, 1.165) is 31.0 Å². The normalized spacial score (nSPS) is 38.8. The molecular weight excluding hydrogens is 320 g/mol. The Morgan fingerprint density at radius 2 is 1.08 bits per heavy atom. The van der Waals surface area contributed by atoms with Gasteiger partial charge in [0.15, 0.2) is 6.29 Å². The minimum atomic E-state index is 0.0438. The molecule has 1 aromatic carbocycles. The Hall–Kier alpha value is -0.860. The van der Waals surface area contributed by atoms with Crippen molar-refractivity contribution >= 4 is 0 Å². The summed E-state index contributed by atoms with van der Waals surface area (Å²) in [5, 5.41) is 0. The van der Waals surface area contributed by atoms with Gasteiger partial charge in [-0.3, -0.25) is 0 Å². The first-order chi connectivity index (χ1) is 12.7. The summed E-state index contributed by atoms with van der Waals surface area (Å²) in [6.07, 6.45) is 10.7. The van der Waals surface area contributed by atoms with Crippen LogP contribution in [0, 0.1) is 17.8 Å². The lowest BCUT2D eigenvalue weighted by Crippen LogP contribution is -2.37. The van der Waals surface area contributed by atoms with Crippen molar-refractivity contribution < 1.29 is 9.47 Å². The third kappa shape index (κ3) is 4.34. The van der Waals surface area contributed by atoms with Gasteiger partial charge in [0.25, 0.3) is 0 Å². The maximum Gasteiger partial charge on any atom is 0.160 e. The van der Waals surface area contributed by atoms with Gasteiger partial charge in [-0.25, -0.2) is 0 Å². The van der Waals surface area contributed by atoms with Crippen LogP contribution < -0.4 is 0 Å². The van der Waals surface area contributed by atoms with E-state index in [1.54, 1.807) is 0 Å². The minimum absolute atomic E-state index is 0.0438. The molecule has 26 heavy (non-hydrogen) atoms. The monoisotopic (exact) mass is 356 g/mol. The molecule has 3 aliphatic rings. The summed E-state index contributed by atoms with van der Waals surface area (Å²) in [5.74, 6) is 3.59. The second-order valence-corrected chi connectivity index (χ2v) is 9.38. The summed E-state index contributed by atoms with van der Waals surface area (Å²) >= 11 is 0. The van der Waals surface area contributed by atoms with E-state index < -0.39 is 0 Å². The zero-order valence-corrected chi connectivity index (χ0v) is 16.7. The van der Waals surface area contributed by atoms with E-state index in [0.29, 0.717) is 11.8 Å². The van der Waals surface area contributed by atoms with Gasteiger partial charge in [0, 0.05) is 11.8 Å². The molecular formula is C24H36O2. The highest BCUT2D eigenvalue weighted by molar-refractivity contribution is 5.28. The second-order valence-electron chi connectivity index (χ2n) is 9.38. The van der Waals surface area contributed by atoms with Gasteiger partial charge in [-0.15, -0.1) is 0 Å². The summed E-state index contributed by atoms with van der Waals surface area (Å²) in [4.78, 5) is 0. The first kappa shape index (κ1) is 18.5. The van der Waals surface area contributed by atoms with Gasteiger partial charge in [0.1, 0.15) is 0 Å². The molecule has 1 aromatic rings. The molecule has 1 heterocycles. The Morgan fingerprint density at radius 1 is 0.615 bits per heavy atom. The molecule has 2 nitrogen and oxygen atoms in total. The standard InChI is InChI=1S/C24H36O2/c1-17-3-7-19(8-4-17)20-11-13-21(14-12-20)23-15-25-24(26-16-23)22-9-5-18(2)6-10-22/h11-14,17-19,22-24H,3-10,15-16H2,1-2H3. The lowest BCUT2D eigenvalue weighted by Gasteiger charge is -2.37. The predicted octanol–water partition coefficient (Wildman–Crippen LogP) is 6.26. The molecule has 0 amide bonds. The zero-order valence-electron chi connectivity index (χ0n) is 16.7. The number of ether oxygens (including phenoxy) is 2. The van der Waals surface area contributed by atoms with Gasteiger partial charge in [0.2, 0.25) is 0 Å². The average molecular weight is 357 g/mol. The Bertz CT molecular complexity index is 542. The lowest BCUT2D eigenvalue weighted by molar-refractivity contribution is -0.217. The first-order valence-electron chi connectivity index (χ1n) is 11.0. The van der Waals surface area contributed by atoms with Crippen molar-refractivity contribution in [3.05, 3.63) is 35.4 Å². The van der Waals surface area contributed by atoms with Crippen molar-refractivity contribution in [3.8, 4) is 0 Å². The highest BCUT2D eigenvalue weighted by Gasteiger charge is 2.32. The Balaban J connectivity index is 1.29. The fraction of sp³-hybridized carbons (Fsp3) is 0.750. The van der Waals surface area contributed by atoms with E-state index in [4.69, 9.17) is 9.47 Å². The maximum atomic E-state index is 6.16. The Kier molecular flexibility index (Phi) is 6.00. The van der Waals surface area contributed by atoms with Gasteiger partial charge in [-0.05, 0) is 54.6 Å². The van der Waals surface area contributed by atoms with Crippen LogP contribution in [0.3, 0.4) is 0 Å². The molecule has 2 heteroatoms. The molecule has 1 saturated heterocycles. The third-order valence-electron chi connectivity index (χ3n) is 7.26. The Labute approximate surface area is 159 Å². The van der Waals surface area contributed by atoms with Crippen LogP contribution in [0.25, 0.3) is 0 Å².